The summed E-state index contributed by atoms with van der Waals surface area (Å²) in [5, 5.41) is 3.39. The molecule has 0 unspecified atom stereocenters. The zero-order valence-electron chi connectivity index (χ0n) is 13.2. The van der Waals surface area contributed by atoms with Gasteiger partial charge in [-0.3, -0.25) is 0 Å². The van der Waals surface area contributed by atoms with Crippen molar-refractivity contribution in [3.05, 3.63) is 59.5 Å². The van der Waals surface area contributed by atoms with Crippen molar-refractivity contribution in [1.82, 2.24) is 10.3 Å². The van der Waals surface area contributed by atoms with Gasteiger partial charge >= 0.3 is 0 Å². The SMILES string of the molecule is C[C@H](NCc1ccnc(O[C@H]2CCOC2)c1)c1cccc(F)c1. The highest BCUT2D eigenvalue weighted by Crippen LogP contribution is 2.17. The Morgan fingerprint density at radius 1 is 1.39 bits per heavy atom. The maximum atomic E-state index is 13.3. The molecule has 2 aromatic rings. The zero-order chi connectivity index (χ0) is 16.1. The Labute approximate surface area is 135 Å². The molecule has 0 amide bonds. The van der Waals surface area contributed by atoms with Gasteiger partial charge in [-0.1, -0.05) is 12.1 Å². The van der Waals surface area contributed by atoms with E-state index in [0.717, 1.165) is 24.2 Å². The van der Waals surface area contributed by atoms with Gasteiger partial charge in [-0.2, -0.15) is 0 Å². The van der Waals surface area contributed by atoms with E-state index in [1.54, 1.807) is 18.3 Å². The number of hydrogen-bond acceptors (Lipinski definition) is 4. The highest BCUT2D eigenvalue weighted by atomic mass is 19.1. The van der Waals surface area contributed by atoms with Crippen molar-refractivity contribution in [3.63, 3.8) is 0 Å². The molecule has 0 saturated carbocycles. The van der Waals surface area contributed by atoms with Gasteiger partial charge < -0.3 is 14.8 Å². The van der Waals surface area contributed by atoms with Crippen LogP contribution in [0.1, 0.15) is 30.5 Å². The molecule has 23 heavy (non-hydrogen) atoms. The standard InChI is InChI=1S/C18H21FN2O2/c1-13(15-3-2-4-16(19)10-15)21-11-14-5-7-20-18(9-14)23-17-6-8-22-12-17/h2-5,7,9-10,13,17,21H,6,8,11-12H2,1H3/t13-,17-/m0/s1. The van der Waals surface area contributed by atoms with Crippen LogP contribution in [0.2, 0.25) is 0 Å². The molecule has 4 nitrogen and oxygen atoms in total. The van der Waals surface area contributed by atoms with Gasteiger partial charge in [0.05, 0.1) is 13.2 Å². The average Bonchev–Trinajstić information content (AvgIpc) is 3.06. The third kappa shape index (κ3) is 4.50. The predicted octanol–water partition coefficient (Wildman–Crippen LogP) is 3.24. The first-order valence-electron chi connectivity index (χ1n) is 7.89. The molecule has 1 aliphatic heterocycles. The van der Waals surface area contributed by atoms with E-state index in [9.17, 15) is 4.39 Å². The van der Waals surface area contributed by atoms with E-state index in [1.165, 1.54) is 6.07 Å². The first-order chi connectivity index (χ1) is 11.2. The third-order valence-electron chi connectivity index (χ3n) is 3.94. The predicted molar refractivity (Wildman–Crippen MR) is 85.7 cm³/mol. The molecule has 5 heteroatoms. The lowest BCUT2D eigenvalue weighted by Gasteiger charge is -2.15. The van der Waals surface area contributed by atoms with Crippen LogP contribution in [-0.2, 0) is 11.3 Å². The molecule has 0 radical (unpaired) electrons. The highest BCUT2D eigenvalue weighted by Gasteiger charge is 2.17. The molecule has 0 aliphatic carbocycles. The zero-order valence-corrected chi connectivity index (χ0v) is 13.2. The molecule has 2 heterocycles. The molecule has 1 N–H and O–H groups in total. The second-order valence-electron chi connectivity index (χ2n) is 5.76. The summed E-state index contributed by atoms with van der Waals surface area (Å²) in [4.78, 5) is 4.24. The van der Waals surface area contributed by atoms with Crippen LogP contribution in [-0.4, -0.2) is 24.3 Å². The van der Waals surface area contributed by atoms with Crippen molar-refractivity contribution < 1.29 is 13.9 Å². The molecule has 1 saturated heterocycles. The van der Waals surface area contributed by atoms with E-state index < -0.39 is 0 Å². The Hall–Kier alpha value is -1.98. The number of aromatic nitrogens is 1. The normalized spacial score (nSPS) is 18.8. The lowest BCUT2D eigenvalue weighted by molar-refractivity contribution is 0.138. The van der Waals surface area contributed by atoms with Crippen molar-refractivity contribution >= 4 is 0 Å². The smallest absolute Gasteiger partial charge is 0.213 e. The minimum Gasteiger partial charge on any atom is -0.472 e. The fourth-order valence-electron chi connectivity index (χ4n) is 2.57. The Morgan fingerprint density at radius 2 is 2.30 bits per heavy atom. The Balaban J connectivity index is 1.57. The van der Waals surface area contributed by atoms with Gasteiger partial charge in [0.15, 0.2) is 0 Å². The van der Waals surface area contributed by atoms with Crippen molar-refractivity contribution in [1.29, 1.82) is 0 Å². The molecule has 0 spiro atoms. The average molecular weight is 316 g/mol. The summed E-state index contributed by atoms with van der Waals surface area (Å²) in [6, 6.07) is 10.6. The summed E-state index contributed by atoms with van der Waals surface area (Å²) < 4.78 is 24.4. The molecular weight excluding hydrogens is 295 g/mol. The van der Waals surface area contributed by atoms with Crippen molar-refractivity contribution in [2.45, 2.75) is 32.0 Å². The largest absolute Gasteiger partial charge is 0.472 e. The van der Waals surface area contributed by atoms with E-state index >= 15 is 0 Å². The van der Waals surface area contributed by atoms with Crippen LogP contribution in [0, 0.1) is 5.82 Å². The number of nitrogens with one attached hydrogen (secondary N) is 1. The van der Waals surface area contributed by atoms with Gasteiger partial charge in [0.2, 0.25) is 5.88 Å². The van der Waals surface area contributed by atoms with Gasteiger partial charge in [-0.25, -0.2) is 9.37 Å². The van der Waals surface area contributed by atoms with Gasteiger partial charge in [-0.15, -0.1) is 0 Å². The van der Waals surface area contributed by atoms with Crippen LogP contribution in [0.15, 0.2) is 42.6 Å². The fourth-order valence-corrected chi connectivity index (χ4v) is 2.57. The number of halogens is 1. The molecule has 0 bridgehead atoms. The summed E-state index contributed by atoms with van der Waals surface area (Å²) in [5.74, 6) is 0.410. The summed E-state index contributed by atoms with van der Waals surface area (Å²) >= 11 is 0. The topological polar surface area (TPSA) is 43.4 Å². The van der Waals surface area contributed by atoms with Crippen molar-refractivity contribution in [3.8, 4) is 5.88 Å². The third-order valence-corrected chi connectivity index (χ3v) is 3.94. The number of hydrogen-bond donors (Lipinski definition) is 1. The van der Waals surface area contributed by atoms with E-state index in [1.807, 2.05) is 25.1 Å². The first kappa shape index (κ1) is 15.9. The Bertz CT molecular complexity index is 644. The number of nitrogens with zero attached hydrogens (tertiary/aromatic N) is 1. The molecule has 2 atom stereocenters. The highest BCUT2D eigenvalue weighted by molar-refractivity contribution is 5.22. The summed E-state index contributed by atoms with van der Waals surface area (Å²) in [6.07, 6.45) is 2.74. The van der Waals surface area contributed by atoms with Gasteiger partial charge in [-0.05, 0) is 36.2 Å². The van der Waals surface area contributed by atoms with Crippen LogP contribution in [0.3, 0.4) is 0 Å². The molecule has 1 fully saturated rings. The monoisotopic (exact) mass is 316 g/mol. The van der Waals surface area contributed by atoms with Crippen LogP contribution < -0.4 is 10.1 Å². The van der Waals surface area contributed by atoms with Crippen molar-refractivity contribution in [2.24, 2.45) is 0 Å². The van der Waals surface area contributed by atoms with Gasteiger partial charge in [0.25, 0.3) is 0 Å². The van der Waals surface area contributed by atoms with E-state index in [0.29, 0.717) is 19.0 Å². The van der Waals surface area contributed by atoms with Gasteiger partial charge in [0, 0.05) is 31.3 Å². The summed E-state index contributed by atoms with van der Waals surface area (Å²) in [6.45, 7) is 4.05. The molecule has 3 rings (SSSR count). The van der Waals surface area contributed by atoms with Crippen LogP contribution >= 0.6 is 0 Å². The number of rotatable bonds is 6. The maximum Gasteiger partial charge on any atom is 0.213 e. The number of pyridine rings is 1. The molecule has 1 aliphatic rings. The molecule has 1 aromatic heterocycles. The lowest BCUT2D eigenvalue weighted by Crippen LogP contribution is -2.19. The second kappa shape index (κ2) is 7.53. The summed E-state index contributed by atoms with van der Waals surface area (Å²) in [7, 11) is 0. The lowest BCUT2D eigenvalue weighted by atomic mass is 10.1. The quantitative estimate of drug-likeness (QED) is 0.888. The Kier molecular flexibility index (Phi) is 5.20. The summed E-state index contributed by atoms with van der Waals surface area (Å²) in [5.41, 5.74) is 2.01. The maximum absolute atomic E-state index is 13.3. The van der Waals surface area contributed by atoms with E-state index in [4.69, 9.17) is 9.47 Å². The minimum atomic E-state index is -0.213. The number of ether oxygens (including phenoxy) is 2. The van der Waals surface area contributed by atoms with E-state index in [2.05, 4.69) is 10.3 Å². The minimum absolute atomic E-state index is 0.0615. The van der Waals surface area contributed by atoms with Crippen LogP contribution in [0.25, 0.3) is 0 Å². The number of benzene rings is 1. The van der Waals surface area contributed by atoms with Crippen LogP contribution in [0.4, 0.5) is 4.39 Å². The fraction of sp³-hybridized carbons (Fsp3) is 0.389. The molecular formula is C18H21FN2O2. The first-order valence-corrected chi connectivity index (χ1v) is 7.89. The molecule has 122 valence electrons. The second-order valence-corrected chi connectivity index (χ2v) is 5.76. The van der Waals surface area contributed by atoms with E-state index in [-0.39, 0.29) is 18.0 Å². The molecule has 1 aromatic carbocycles. The van der Waals surface area contributed by atoms with Crippen LogP contribution in [0.5, 0.6) is 5.88 Å². The Morgan fingerprint density at radius 3 is 3.09 bits per heavy atom. The van der Waals surface area contributed by atoms with Gasteiger partial charge in [0.1, 0.15) is 11.9 Å². The van der Waals surface area contributed by atoms with Crippen molar-refractivity contribution in [2.75, 3.05) is 13.2 Å².